The first-order chi connectivity index (χ1) is 18.5. The van der Waals surface area contributed by atoms with Crippen LogP contribution in [0.5, 0.6) is 5.75 Å². The summed E-state index contributed by atoms with van der Waals surface area (Å²) >= 11 is 0. The van der Waals surface area contributed by atoms with E-state index >= 15 is 0 Å². The van der Waals surface area contributed by atoms with Crippen LogP contribution in [0.1, 0.15) is 68.1 Å². The molecule has 3 aliphatic carbocycles. The Kier molecular flexibility index (Phi) is 6.02. The van der Waals surface area contributed by atoms with Crippen LogP contribution in [0.15, 0.2) is 53.0 Å². The van der Waals surface area contributed by atoms with E-state index < -0.39 is 56.8 Å². The molecule has 0 saturated heterocycles. The molecule has 0 amide bonds. The molecule has 0 radical (unpaired) electrons. The van der Waals surface area contributed by atoms with Gasteiger partial charge in [0.15, 0.2) is 17.2 Å². The number of aryl methyl sites for hydroxylation is 2. The van der Waals surface area contributed by atoms with E-state index in [-0.39, 0.29) is 35.6 Å². The number of aromatic hydroxyl groups is 1. The number of carbonyl (C=O) groups excluding carboxylic acids is 3. The Labute approximate surface area is 233 Å². The van der Waals surface area contributed by atoms with Crippen molar-refractivity contribution >= 4 is 17.3 Å². The van der Waals surface area contributed by atoms with Gasteiger partial charge in [0, 0.05) is 22.3 Å². The van der Waals surface area contributed by atoms with E-state index in [1.54, 1.807) is 13.0 Å². The van der Waals surface area contributed by atoms with E-state index in [1.165, 1.54) is 6.07 Å². The molecule has 0 spiro atoms. The molecule has 0 aromatic heterocycles. The minimum absolute atomic E-state index is 0.0255. The summed E-state index contributed by atoms with van der Waals surface area (Å²) < 4.78 is 0. The maximum atomic E-state index is 14.2. The van der Waals surface area contributed by atoms with Crippen LogP contribution in [0.2, 0.25) is 0 Å². The van der Waals surface area contributed by atoms with Crippen molar-refractivity contribution in [3.05, 3.63) is 75.3 Å². The van der Waals surface area contributed by atoms with Gasteiger partial charge < -0.3 is 20.4 Å². The van der Waals surface area contributed by atoms with Crippen molar-refractivity contribution in [2.45, 2.75) is 66.9 Å². The predicted molar refractivity (Wildman–Crippen MR) is 150 cm³/mol. The van der Waals surface area contributed by atoms with Crippen LogP contribution in [0.25, 0.3) is 11.1 Å². The number of allylic oxidation sites excluding steroid dienone is 2. The van der Waals surface area contributed by atoms with Crippen molar-refractivity contribution in [2.24, 2.45) is 22.7 Å². The molecule has 40 heavy (non-hydrogen) atoms. The Morgan fingerprint density at radius 2 is 1.62 bits per heavy atom. The zero-order valence-electron chi connectivity index (χ0n) is 24.0. The highest BCUT2D eigenvalue weighted by Gasteiger charge is 2.71. The van der Waals surface area contributed by atoms with Crippen LogP contribution in [-0.4, -0.2) is 43.4 Å². The van der Waals surface area contributed by atoms with E-state index in [0.717, 1.165) is 29.2 Å². The average Bonchev–Trinajstić information content (AvgIpc) is 2.81. The average molecular weight is 545 g/mol. The van der Waals surface area contributed by atoms with Crippen LogP contribution in [-0.2, 0) is 16.0 Å². The number of rotatable bonds is 3. The monoisotopic (exact) mass is 544 g/mol. The van der Waals surface area contributed by atoms with Crippen LogP contribution in [0.3, 0.4) is 0 Å². The quantitative estimate of drug-likeness (QED) is 0.368. The third kappa shape index (κ3) is 3.36. The van der Waals surface area contributed by atoms with Crippen LogP contribution in [0, 0.1) is 36.5 Å². The summed E-state index contributed by atoms with van der Waals surface area (Å²) in [5.41, 5.74) is -1.39. The molecule has 7 heteroatoms. The minimum Gasteiger partial charge on any atom is -0.511 e. The van der Waals surface area contributed by atoms with Gasteiger partial charge in [-0.15, -0.1) is 0 Å². The molecule has 210 valence electrons. The van der Waals surface area contributed by atoms with Crippen molar-refractivity contribution in [3.8, 4) is 16.9 Å². The number of fused-ring (bicyclic) bond motifs is 3. The molecule has 0 heterocycles. The summed E-state index contributed by atoms with van der Waals surface area (Å²) in [5, 5.41) is 46.1. The normalized spacial score (nSPS) is 29.9. The molecule has 4 atom stereocenters. The molecule has 0 fully saturated rings. The second-order valence-electron chi connectivity index (χ2n) is 12.8. The number of phenols is 1. The summed E-state index contributed by atoms with van der Waals surface area (Å²) in [6.45, 7) is 12.2. The number of phenolic OH excluding ortho intramolecular Hbond substituents is 1. The Morgan fingerprint density at radius 3 is 2.20 bits per heavy atom. The number of hydrogen-bond acceptors (Lipinski definition) is 7. The first kappa shape index (κ1) is 27.8. The number of benzene rings is 2. The molecular weight excluding hydrogens is 508 g/mol. The van der Waals surface area contributed by atoms with E-state index in [4.69, 9.17) is 0 Å². The van der Waals surface area contributed by atoms with Crippen molar-refractivity contribution < 1.29 is 34.8 Å². The molecule has 4 N–H and O–H groups in total. The number of aliphatic hydroxyl groups is 3. The lowest BCUT2D eigenvalue weighted by atomic mass is 9.44. The van der Waals surface area contributed by atoms with Crippen molar-refractivity contribution in [1.29, 1.82) is 0 Å². The van der Waals surface area contributed by atoms with Crippen molar-refractivity contribution in [2.75, 3.05) is 0 Å². The molecule has 0 bridgehead atoms. The largest absolute Gasteiger partial charge is 0.511 e. The fourth-order valence-electron chi connectivity index (χ4n) is 8.10. The Hall–Kier alpha value is -3.71. The lowest BCUT2D eigenvalue weighted by Gasteiger charge is -2.59. The number of aliphatic hydroxyl groups excluding tert-OH is 2. The Bertz CT molecular complexity index is 1590. The number of ketones is 3. The molecule has 2 aromatic carbocycles. The second kappa shape index (κ2) is 8.64. The fraction of sp³-hybridized carbons (Fsp3) is 0.424. The molecule has 3 aliphatic rings. The van der Waals surface area contributed by atoms with Gasteiger partial charge >= 0.3 is 0 Å². The van der Waals surface area contributed by atoms with Gasteiger partial charge in [-0.3, -0.25) is 14.4 Å². The maximum absolute atomic E-state index is 14.2. The van der Waals surface area contributed by atoms with Gasteiger partial charge in [-0.1, -0.05) is 57.5 Å². The summed E-state index contributed by atoms with van der Waals surface area (Å²) in [7, 11) is 0. The molecule has 5 rings (SSSR count). The SMILES string of the molecule is CC(=O)C1=C(O)C(C(C)C)[C@@]2(C)C[C@@]3(C)Cc4c(-c5ccc(C)cc5C)ccc(O)c4C(=O)C3=C(O)[C@@]2(O)C1=O. The first-order valence-electron chi connectivity index (χ1n) is 13.6. The highest BCUT2D eigenvalue weighted by atomic mass is 16.3. The Balaban J connectivity index is 1.82. The van der Waals surface area contributed by atoms with Crippen LogP contribution in [0.4, 0.5) is 0 Å². The van der Waals surface area contributed by atoms with Gasteiger partial charge in [-0.25, -0.2) is 0 Å². The van der Waals surface area contributed by atoms with E-state index in [9.17, 15) is 34.8 Å². The van der Waals surface area contributed by atoms with E-state index in [2.05, 4.69) is 0 Å². The zero-order valence-corrected chi connectivity index (χ0v) is 24.0. The summed E-state index contributed by atoms with van der Waals surface area (Å²) in [4.78, 5) is 40.5. The van der Waals surface area contributed by atoms with Gasteiger partial charge in [-0.2, -0.15) is 0 Å². The zero-order chi connectivity index (χ0) is 29.7. The molecule has 0 saturated carbocycles. The highest BCUT2D eigenvalue weighted by Crippen LogP contribution is 2.65. The van der Waals surface area contributed by atoms with Crippen LogP contribution >= 0.6 is 0 Å². The van der Waals surface area contributed by atoms with Gasteiger partial charge in [0.25, 0.3) is 0 Å². The van der Waals surface area contributed by atoms with Crippen LogP contribution < -0.4 is 0 Å². The Morgan fingerprint density at radius 1 is 1.00 bits per heavy atom. The number of carbonyl (C=O) groups is 3. The standard InChI is InChI=1S/C33H36O7/c1-15(2)25-27(36)23(18(5)34)29(38)33(40)30(39)26-28(37)24-21(13-31(26,6)14-32(25,33)7)20(10-11-22(24)35)19-9-8-16(3)12-17(19)4/h8-12,15,25,35-36,39-40H,13-14H2,1-7H3/t25?,31-,32-,33+/m1/s1. The van der Waals surface area contributed by atoms with Crippen molar-refractivity contribution in [3.63, 3.8) is 0 Å². The molecule has 7 nitrogen and oxygen atoms in total. The summed E-state index contributed by atoms with van der Waals surface area (Å²) in [6, 6.07) is 9.24. The lowest BCUT2D eigenvalue weighted by Crippen LogP contribution is -2.67. The molecule has 1 unspecified atom stereocenters. The van der Waals surface area contributed by atoms with E-state index in [0.29, 0.717) is 5.56 Å². The second-order valence-corrected chi connectivity index (χ2v) is 12.8. The third-order valence-electron chi connectivity index (χ3n) is 9.56. The number of Topliss-reactive ketones (excluding diaryl/α,β-unsaturated/α-hetero) is 3. The lowest BCUT2D eigenvalue weighted by molar-refractivity contribution is -0.171. The number of hydrogen-bond donors (Lipinski definition) is 4. The van der Waals surface area contributed by atoms with Gasteiger partial charge in [0.05, 0.1) is 5.56 Å². The molecule has 2 aromatic rings. The predicted octanol–water partition coefficient (Wildman–Crippen LogP) is 5.63. The summed E-state index contributed by atoms with van der Waals surface area (Å²) in [5.74, 6) is -5.14. The smallest absolute Gasteiger partial charge is 0.209 e. The maximum Gasteiger partial charge on any atom is 0.209 e. The molecular formula is C33H36O7. The fourth-order valence-corrected chi connectivity index (χ4v) is 8.10. The first-order valence-corrected chi connectivity index (χ1v) is 13.6. The minimum atomic E-state index is -2.61. The topological polar surface area (TPSA) is 132 Å². The van der Waals surface area contributed by atoms with Crippen molar-refractivity contribution in [1.82, 2.24) is 0 Å². The van der Waals surface area contributed by atoms with Gasteiger partial charge in [0.2, 0.25) is 5.78 Å². The molecule has 0 aliphatic heterocycles. The highest BCUT2D eigenvalue weighted by molar-refractivity contribution is 6.25. The van der Waals surface area contributed by atoms with E-state index in [1.807, 2.05) is 52.8 Å². The third-order valence-corrected chi connectivity index (χ3v) is 9.56. The van der Waals surface area contributed by atoms with Gasteiger partial charge in [0.1, 0.15) is 22.8 Å². The van der Waals surface area contributed by atoms with Gasteiger partial charge in [-0.05, 0) is 67.9 Å². The summed E-state index contributed by atoms with van der Waals surface area (Å²) in [6.07, 6.45) is 0.298.